The van der Waals surface area contributed by atoms with Crippen molar-refractivity contribution in [2.24, 2.45) is 5.92 Å². The fourth-order valence-corrected chi connectivity index (χ4v) is 2.72. The number of amides is 1. The molecular formula is C16H25N3O. The zero-order valence-electron chi connectivity index (χ0n) is 12.6. The van der Waals surface area contributed by atoms with Crippen LogP contribution < -0.4 is 10.6 Å². The molecule has 1 fully saturated rings. The number of piperidine rings is 1. The van der Waals surface area contributed by atoms with Crippen LogP contribution in [0.3, 0.4) is 0 Å². The lowest BCUT2D eigenvalue weighted by Crippen LogP contribution is -2.48. The second-order valence-corrected chi connectivity index (χ2v) is 5.93. The molecule has 1 saturated heterocycles. The fourth-order valence-electron chi connectivity index (χ4n) is 2.72. The van der Waals surface area contributed by atoms with E-state index in [1.807, 2.05) is 31.2 Å². The Hall–Kier alpha value is -1.39. The number of likely N-dealkylation sites (tertiary alicyclic amines) is 1. The van der Waals surface area contributed by atoms with Crippen molar-refractivity contribution in [2.45, 2.75) is 26.3 Å². The van der Waals surface area contributed by atoms with Crippen LogP contribution in [0.2, 0.25) is 0 Å². The van der Waals surface area contributed by atoms with Gasteiger partial charge in [-0.2, -0.15) is 0 Å². The number of carbonyl (C=O) groups excluding carboxylic acids is 1. The Kier molecular flexibility index (Phi) is 5.15. The van der Waals surface area contributed by atoms with Gasteiger partial charge < -0.3 is 15.5 Å². The highest BCUT2D eigenvalue weighted by Crippen LogP contribution is 2.15. The van der Waals surface area contributed by atoms with Gasteiger partial charge in [0.05, 0.1) is 6.54 Å². The minimum absolute atomic E-state index is 0.0278. The van der Waals surface area contributed by atoms with Crippen molar-refractivity contribution in [2.75, 3.05) is 32.0 Å². The monoisotopic (exact) mass is 275 g/mol. The number of nitrogens with zero attached hydrogens (tertiary/aromatic N) is 1. The molecule has 0 radical (unpaired) electrons. The number of carbonyl (C=O) groups is 1. The molecule has 0 bridgehead atoms. The Bertz CT molecular complexity index is 444. The number of aryl methyl sites for hydroxylation is 1. The van der Waals surface area contributed by atoms with E-state index in [-0.39, 0.29) is 5.91 Å². The molecular weight excluding hydrogens is 250 g/mol. The predicted molar refractivity (Wildman–Crippen MR) is 82.9 cm³/mol. The smallest absolute Gasteiger partial charge is 0.238 e. The molecule has 2 rings (SSSR count). The Balaban J connectivity index is 1.76. The maximum atomic E-state index is 11.9. The minimum Gasteiger partial charge on any atom is -0.325 e. The van der Waals surface area contributed by atoms with Gasteiger partial charge in [-0.1, -0.05) is 24.6 Å². The van der Waals surface area contributed by atoms with Crippen LogP contribution in [-0.4, -0.2) is 43.5 Å². The highest BCUT2D eigenvalue weighted by molar-refractivity contribution is 5.92. The van der Waals surface area contributed by atoms with Gasteiger partial charge in [-0.25, -0.2) is 0 Å². The molecule has 1 aliphatic rings. The number of hydrogen-bond acceptors (Lipinski definition) is 3. The summed E-state index contributed by atoms with van der Waals surface area (Å²) in [4.78, 5) is 14.3. The molecule has 0 saturated carbocycles. The Morgan fingerprint density at radius 2 is 2.05 bits per heavy atom. The fraction of sp³-hybridized carbons (Fsp3) is 0.562. The lowest BCUT2D eigenvalue weighted by molar-refractivity contribution is -0.115. The van der Waals surface area contributed by atoms with Crippen molar-refractivity contribution in [3.63, 3.8) is 0 Å². The first kappa shape index (κ1) is 15.0. The van der Waals surface area contributed by atoms with Crippen molar-refractivity contribution < 1.29 is 4.79 Å². The highest BCUT2D eigenvalue weighted by Gasteiger charge is 2.23. The summed E-state index contributed by atoms with van der Waals surface area (Å²) in [5.41, 5.74) is 2.06. The molecule has 2 atom stereocenters. The molecule has 0 aliphatic carbocycles. The van der Waals surface area contributed by atoms with Crippen LogP contribution in [0.25, 0.3) is 0 Å². The van der Waals surface area contributed by atoms with Gasteiger partial charge in [-0.3, -0.25) is 4.79 Å². The number of rotatable bonds is 4. The van der Waals surface area contributed by atoms with E-state index in [1.165, 1.54) is 5.56 Å². The van der Waals surface area contributed by atoms with Crippen molar-refractivity contribution in [1.82, 2.24) is 10.2 Å². The number of anilines is 1. The van der Waals surface area contributed by atoms with Crippen LogP contribution in [0.1, 0.15) is 18.9 Å². The molecule has 20 heavy (non-hydrogen) atoms. The molecule has 110 valence electrons. The van der Waals surface area contributed by atoms with Gasteiger partial charge in [-0.05, 0) is 45.0 Å². The molecule has 1 aromatic rings. The van der Waals surface area contributed by atoms with Gasteiger partial charge in [0, 0.05) is 18.3 Å². The first-order valence-electron chi connectivity index (χ1n) is 7.33. The van der Waals surface area contributed by atoms with E-state index in [1.54, 1.807) is 0 Å². The molecule has 1 aliphatic heterocycles. The second-order valence-electron chi connectivity index (χ2n) is 5.93. The van der Waals surface area contributed by atoms with Crippen LogP contribution in [0.4, 0.5) is 5.69 Å². The van der Waals surface area contributed by atoms with E-state index in [4.69, 9.17) is 0 Å². The largest absolute Gasteiger partial charge is 0.325 e. The topological polar surface area (TPSA) is 44.4 Å². The Morgan fingerprint density at radius 1 is 1.35 bits per heavy atom. The lowest BCUT2D eigenvalue weighted by Gasteiger charge is -2.35. The summed E-state index contributed by atoms with van der Waals surface area (Å²) in [5.74, 6) is 0.612. The molecule has 2 N–H and O–H groups in total. The van der Waals surface area contributed by atoms with Gasteiger partial charge in [0.15, 0.2) is 0 Å². The van der Waals surface area contributed by atoms with Gasteiger partial charge in [0.1, 0.15) is 0 Å². The molecule has 0 spiro atoms. The zero-order valence-corrected chi connectivity index (χ0v) is 12.6. The molecule has 4 nitrogen and oxygen atoms in total. The van der Waals surface area contributed by atoms with Crippen molar-refractivity contribution in [1.29, 1.82) is 0 Å². The minimum atomic E-state index is 0.0278. The molecule has 1 aromatic carbocycles. The van der Waals surface area contributed by atoms with Crippen LogP contribution in [0, 0.1) is 12.8 Å². The third-order valence-electron chi connectivity index (χ3n) is 3.97. The quantitative estimate of drug-likeness (QED) is 0.881. The summed E-state index contributed by atoms with van der Waals surface area (Å²) in [6, 6.07) is 8.32. The van der Waals surface area contributed by atoms with E-state index in [0.717, 1.165) is 25.2 Å². The molecule has 1 heterocycles. The van der Waals surface area contributed by atoms with Crippen LogP contribution >= 0.6 is 0 Å². The molecule has 1 amide bonds. The molecule has 0 aromatic heterocycles. The van der Waals surface area contributed by atoms with Crippen molar-refractivity contribution in [3.05, 3.63) is 29.8 Å². The SMILES string of the molecule is Cc1ccc(NC(=O)CNC2CCN(C)CC2C)cc1. The third kappa shape index (κ3) is 4.32. The molecule has 4 heteroatoms. The summed E-state index contributed by atoms with van der Waals surface area (Å²) in [5, 5.41) is 6.31. The maximum absolute atomic E-state index is 11.9. The van der Waals surface area contributed by atoms with Crippen molar-refractivity contribution >= 4 is 11.6 Å². The standard InChI is InChI=1S/C16H25N3O/c1-12-4-6-14(7-5-12)18-16(20)10-17-15-8-9-19(3)11-13(15)2/h4-7,13,15,17H,8-11H2,1-3H3,(H,18,20). The van der Waals surface area contributed by atoms with E-state index < -0.39 is 0 Å². The first-order valence-corrected chi connectivity index (χ1v) is 7.33. The number of hydrogen-bond donors (Lipinski definition) is 2. The summed E-state index contributed by atoms with van der Waals surface area (Å²) in [6.45, 7) is 6.85. The highest BCUT2D eigenvalue weighted by atomic mass is 16.1. The molecule has 2 unspecified atom stereocenters. The average molecular weight is 275 g/mol. The third-order valence-corrected chi connectivity index (χ3v) is 3.97. The zero-order chi connectivity index (χ0) is 14.5. The Morgan fingerprint density at radius 3 is 2.70 bits per heavy atom. The van der Waals surface area contributed by atoms with E-state index in [0.29, 0.717) is 18.5 Å². The number of benzene rings is 1. The van der Waals surface area contributed by atoms with Gasteiger partial charge in [0.2, 0.25) is 5.91 Å². The van der Waals surface area contributed by atoms with E-state index >= 15 is 0 Å². The van der Waals surface area contributed by atoms with Gasteiger partial charge >= 0.3 is 0 Å². The van der Waals surface area contributed by atoms with Crippen LogP contribution in [0.5, 0.6) is 0 Å². The normalized spacial score (nSPS) is 23.6. The lowest BCUT2D eigenvalue weighted by atomic mass is 9.94. The average Bonchev–Trinajstić information content (AvgIpc) is 2.40. The number of nitrogens with one attached hydrogen (secondary N) is 2. The van der Waals surface area contributed by atoms with Gasteiger partial charge in [0.25, 0.3) is 0 Å². The van der Waals surface area contributed by atoms with Crippen molar-refractivity contribution in [3.8, 4) is 0 Å². The summed E-state index contributed by atoms with van der Waals surface area (Å²) in [7, 11) is 2.15. The van der Waals surface area contributed by atoms with E-state index in [9.17, 15) is 4.79 Å². The maximum Gasteiger partial charge on any atom is 0.238 e. The summed E-state index contributed by atoms with van der Waals surface area (Å²) < 4.78 is 0. The Labute approximate surface area is 121 Å². The van der Waals surface area contributed by atoms with Crippen LogP contribution in [0.15, 0.2) is 24.3 Å². The predicted octanol–water partition coefficient (Wildman–Crippen LogP) is 1.86. The van der Waals surface area contributed by atoms with E-state index in [2.05, 4.69) is 29.5 Å². The van der Waals surface area contributed by atoms with Crippen LogP contribution in [-0.2, 0) is 4.79 Å². The first-order chi connectivity index (χ1) is 9.54. The summed E-state index contributed by atoms with van der Waals surface area (Å²) in [6.07, 6.45) is 1.11. The summed E-state index contributed by atoms with van der Waals surface area (Å²) >= 11 is 0. The van der Waals surface area contributed by atoms with Gasteiger partial charge in [-0.15, -0.1) is 0 Å². The second kappa shape index (κ2) is 6.86.